The summed E-state index contributed by atoms with van der Waals surface area (Å²) >= 11 is 3.18. The van der Waals surface area contributed by atoms with E-state index in [2.05, 4.69) is 15.9 Å². The largest absolute Gasteiger partial charge is 0.293 e. The minimum atomic E-state index is 0.125. The van der Waals surface area contributed by atoms with Gasteiger partial charge in [0.1, 0.15) is 7.85 Å². The van der Waals surface area contributed by atoms with Gasteiger partial charge in [0.15, 0.2) is 5.78 Å². The van der Waals surface area contributed by atoms with Crippen LogP contribution in [-0.2, 0) is 6.42 Å². The van der Waals surface area contributed by atoms with E-state index in [1.54, 1.807) is 0 Å². The number of fused-ring (bicyclic) bond motifs is 1. The molecule has 0 amide bonds. The molecular formula is C12H10BBrO. The number of hydrogen-bond donors (Lipinski definition) is 0. The predicted molar refractivity (Wildman–Crippen MR) is 66.6 cm³/mol. The number of aryl methyl sites for hydroxylation is 1. The number of benzene rings is 1. The highest BCUT2D eigenvalue weighted by atomic mass is 79.9. The Hall–Kier alpha value is -0.825. The number of Topliss-reactive ketones (excluding diaryl/α,β-unsaturated/α-hetero) is 1. The molecule has 3 heteroatoms. The third-order valence-electron chi connectivity index (χ3n) is 2.61. The zero-order valence-corrected chi connectivity index (χ0v) is 9.88. The average Bonchev–Trinajstić information content (AvgIpc) is 2.27. The number of ketones is 1. The molecule has 0 aliphatic heterocycles. The van der Waals surface area contributed by atoms with E-state index in [0.29, 0.717) is 5.33 Å². The molecule has 0 spiro atoms. The molecule has 15 heavy (non-hydrogen) atoms. The molecule has 0 heterocycles. The third kappa shape index (κ3) is 2.23. The molecule has 1 aromatic carbocycles. The Morgan fingerprint density at radius 2 is 2.20 bits per heavy atom. The van der Waals surface area contributed by atoms with E-state index in [9.17, 15) is 4.79 Å². The Bertz CT molecular complexity index is 437. The van der Waals surface area contributed by atoms with E-state index < -0.39 is 0 Å². The lowest BCUT2D eigenvalue weighted by molar-refractivity contribution is 0.102. The molecule has 1 aliphatic carbocycles. The molecule has 0 fully saturated rings. The van der Waals surface area contributed by atoms with E-state index in [1.165, 1.54) is 5.56 Å². The lowest BCUT2D eigenvalue weighted by Crippen LogP contribution is -2.04. The van der Waals surface area contributed by atoms with Gasteiger partial charge in [-0.1, -0.05) is 34.1 Å². The van der Waals surface area contributed by atoms with E-state index >= 15 is 0 Å². The molecule has 1 aromatic rings. The van der Waals surface area contributed by atoms with Gasteiger partial charge in [-0.3, -0.25) is 4.79 Å². The molecule has 0 unspecified atom stereocenters. The summed E-state index contributed by atoms with van der Waals surface area (Å²) in [4.78, 5) is 11.5. The van der Waals surface area contributed by atoms with Crippen molar-refractivity contribution in [1.82, 2.24) is 0 Å². The van der Waals surface area contributed by atoms with E-state index in [0.717, 1.165) is 29.4 Å². The lowest BCUT2D eigenvalue weighted by Gasteiger charge is -2.14. The lowest BCUT2D eigenvalue weighted by atomic mass is 9.82. The van der Waals surface area contributed by atoms with Gasteiger partial charge in [0, 0.05) is 5.56 Å². The molecule has 2 rings (SSSR count). The molecule has 1 nitrogen and oxygen atoms in total. The minimum Gasteiger partial charge on any atom is -0.293 e. The van der Waals surface area contributed by atoms with Crippen molar-refractivity contribution in [3.63, 3.8) is 0 Å². The van der Waals surface area contributed by atoms with Crippen LogP contribution in [0, 0.1) is 0 Å². The molecule has 74 valence electrons. The maximum Gasteiger partial charge on any atom is 0.173 e. The van der Waals surface area contributed by atoms with Crippen LogP contribution in [0.15, 0.2) is 23.7 Å². The van der Waals surface area contributed by atoms with Crippen molar-refractivity contribution in [3.8, 4) is 0 Å². The summed E-state index contributed by atoms with van der Waals surface area (Å²) in [6.45, 7) is 0. The molecule has 0 N–H and O–H groups in total. The summed E-state index contributed by atoms with van der Waals surface area (Å²) in [6.07, 6.45) is 3.81. The molecule has 0 saturated heterocycles. The zero-order valence-electron chi connectivity index (χ0n) is 8.29. The highest BCUT2D eigenvalue weighted by Gasteiger charge is 2.10. The first-order valence-electron chi connectivity index (χ1n) is 4.89. The number of carbonyl (C=O) groups is 1. The Kier molecular flexibility index (Phi) is 3.10. The van der Waals surface area contributed by atoms with Crippen LogP contribution in [0.3, 0.4) is 0 Å². The fourth-order valence-electron chi connectivity index (χ4n) is 1.76. The van der Waals surface area contributed by atoms with E-state index in [-0.39, 0.29) is 5.78 Å². The molecule has 0 bridgehead atoms. The van der Waals surface area contributed by atoms with Crippen molar-refractivity contribution < 1.29 is 4.79 Å². The molecule has 0 atom stereocenters. The van der Waals surface area contributed by atoms with Crippen LogP contribution in [0.2, 0.25) is 0 Å². The Balaban J connectivity index is 2.40. The van der Waals surface area contributed by atoms with Crippen LogP contribution in [0.25, 0.3) is 6.08 Å². The monoisotopic (exact) mass is 260 g/mol. The number of rotatable bonds is 2. The predicted octanol–water partition coefficient (Wildman–Crippen LogP) is 2.72. The van der Waals surface area contributed by atoms with Gasteiger partial charge in [0.05, 0.1) is 5.33 Å². The van der Waals surface area contributed by atoms with Gasteiger partial charge in [0.2, 0.25) is 0 Å². The van der Waals surface area contributed by atoms with Crippen LogP contribution in [0.4, 0.5) is 0 Å². The summed E-state index contributed by atoms with van der Waals surface area (Å²) in [6, 6.07) is 5.80. The van der Waals surface area contributed by atoms with Crippen LogP contribution in [0.5, 0.6) is 0 Å². The molecule has 2 radical (unpaired) electrons. The highest BCUT2D eigenvalue weighted by Crippen LogP contribution is 2.23. The maximum absolute atomic E-state index is 11.5. The first-order chi connectivity index (χ1) is 7.20. The average molecular weight is 261 g/mol. The fourth-order valence-corrected chi connectivity index (χ4v) is 2.09. The second-order valence-electron chi connectivity index (χ2n) is 3.69. The van der Waals surface area contributed by atoms with Crippen molar-refractivity contribution >= 4 is 35.6 Å². The van der Waals surface area contributed by atoms with Crippen molar-refractivity contribution in [3.05, 3.63) is 40.4 Å². The van der Waals surface area contributed by atoms with Crippen molar-refractivity contribution in [2.75, 3.05) is 5.33 Å². The van der Waals surface area contributed by atoms with E-state index in [1.807, 2.05) is 24.3 Å². The maximum atomic E-state index is 11.5. The number of halogens is 1. The van der Waals surface area contributed by atoms with Gasteiger partial charge in [-0.05, 0) is 30.0 Å². The number of hydrogen-bond acceptors (Lipinski definition) is 1. The van der Waals surface area contributed by atoms with Gasteiger partial charge >= 0.3 is 0 Å². The quantitative estimate of drug-likeness (QED) is 0.454. The fraction of sp³-hybridized carbons (Fsp3) is 0.250. The summed E-state index contributed by atoms with van der Waals surface area (Å²) in [5.41, 5.74) is 4.06. The third-order valence-corrected chi connectivity index (χ3v) is 3.12. The standard InChI is InChI=1S/C12H10BBrO/c13-11-4-3-8-5-10(12(15)7-14)2-1-9(8)6-11/h1-2,5-6H,3-4,7H2. The Morgan fingerprint density at radius 1 is 1.40 bits per heavy atom. The molecule has 0 aromatic heterocycles. The van der Waals surface area contributed by atoms with Gasteiger partial charge in [0.25, 0.3) is 0 Å². The topological polar surface area (TPSA) is 17.1 Å². The van der Waals surface area contributed by atoms with Crippen LogP contribution >= 0.6 is 15.9 Å². The summed E-state index contributed by atoms with van der Waals surface area (Å²) in [7, 11) is 5.76. The normalized spacial score (nSPS) is 14.3. The first-order valence-corrected chi connectivity index (χ1v) is 6.01. The Morgan fingerprint density at radius 3 is 2.93 bits per heavy atom. The van der Waals surface area contributed by atoms with Crippen LogP contribution in [-0.4, -0.2) is 19.0 Å². The molecule has 0 saturated carbocycles. The van der Waals surface area contributed by atoms with Gasteiger partial charge in [-0.15, -0.1) is 5.47 Å². The second-order valence-corrected chi connectivity index (χ2v) is 4.25. The summed E-state index contributed by atoms with van der Waals surface area (Å²) in [5, 5.41) is 0.379. The minimum absolute atomic E-state index is 0.125. The highest BCUT2D eigenvalue weighted by molar-refractivity contribution is 9.09. The van der Waals surface area contributed by atoms with Crippen LogP contribution in [0.1, 0.15) is 27.9 Å². The van der Waals surface area contributed by atoms with Crippen molar-refractivity contribution in [1.29, 1.82) is 0 Å². The zero-order chi connectivity index (χ0) is 10.8. The Labute approximate surface area is 99.1 Å². The van der Waals surface area contributed by atoms with Gasteiger partial charge < -0.3 is 0 Å². The van der Waals surface area contributed by atoms with Crippen molar-refractivity contribution in [2.45, 2.75) is 12.8 Å². The van der Waals surface area contributed by atoms with Crippen molar-refractivity contribution in [2.24, 2.45) is 0 Å². The van der Waals surface area contributed by atoms with Gasteiger partial charge in [-0.25, -0.2) is 0 Å². The summed E-state index contributed by atoms with van der Waals surface area (Å²) < 4.78 is 0. The second kappa shape index (κ2) is 4.36. The SMILES string of the molecule is [B]C1=Cc2ccc(C(=O)CBr)cc2CC1. The molecule has 1 aliphatic rings. The van der Waals surface area contributed by atoms with Gasteiger partial charge in [-0.2, -0.15) is 0 Å². The smallest absolute Gasteiger partial charge is 0.173 e. The van der Waals surface area contributed by atoms with E-state index in [4.69, 9.17) is 7.85 Å². The number of carbonyl (C=O) groups excluding carboxylic acids is 1. The summed E-state index contributed by atoms with van der Waals surface area (Å²) in [5.74, 6) is 0.125. The van der Waals surface area contributed by atoms with Crippen LogP contribution < -0.4 is 0 Å². The number of alkyl halides is 1. The molecular weight excluding hydrogens is 251 g/mol. The number of allylic oxidation sites excluding steroid dienone is 1. The first kappa shape index (κ1) is 10.7.